The molecule has 0 bridgehead atoms. The molecule has 3 heterocycles. The number of likely N-dealkylation sites (N-methyl/N-ethyl adjacent to an activating group) is 1. The Hall–Kier alpha value is -2.80. The van der Waals surface area contributed by atoms with E-state index >= 15 is 0 Å². The molecule has 1 saturated heterocycles. The zero-order valence-electron chi connectivity index (χ0n) is 25.1. The van der Waals surface area contributed by atoms with Crippen LogP contribution in [0.2, 0.25) is 0 Å². The lowest BCUT2D eigenvalue weighted by atomic mass is 9.95. The van der Waals surface area contributed by atoms with E-state index in [2.05, 4.69) is 27.0 Å². The average molecular weight is 541 g/mol. The Bertz CT molecular complexity index is 1010. The molecule has 2 aromatic rings. The summed E-state index contributed by atoms with van der Waals surface area (Å²) >= 11 is 0. The summed E-state index contributed by atoms with van der Waals surface area (Å²) < 4.78 is 11.3. The zero-order chi connectivity index (χ0) is 28.3. The number of aromatic nitrogens is 1. The number of benzene rings is 1. The maximum Gasteiger partial charge on any atom is 0.251 e. The van der Waals surface area contributed by atoms with Gasteiger partial charge in [-0.3, -0.25) is 4.79 Å². The van der Waals surface area contributed by atoms with Gasteiger partial charge < -0.3 is 24.6 Å². The Morgan fingerprint density at radius 2 is 1.72 bits per heavy atom. The van der Waals surface area contributed by atoms with Crippen LogP contribution in [-0.2, 0) is 6.42 Å². The lowest BCUT2D eigenvalue weighted by molar-refractivity contribution is 0.0927. The average Bonchev–Trinajstić information content (AvgIpc) is 3.44. The molecule has 1 N–H and O–H groups in total. The Kier molecular flexibility index (Phi) is 11.9. The fourth-order valence-electron chi connectivity index (χ4n) is 5.19. The van der Waals surface area contributed by atoms with E-state index in [0.29, 0.717) is 11.6 Å². The summed E-state index contributed by atoms with van der Waals surface area (Å²) in [7, 11) is 0. The normalized spacial score (nSPS) is 17.5. The molecule has 7 nitrogen and oxygen atoms in total. The Labute approximate surface area is 237 Å². The molecule has 0 unspecified atom stereocenters. The minimum atomic E-state index is -0.216. The number of nitrogens with one attached hydrogen (secondary N) is 1. The van der Waals surface area contributed by atoms with E-state index in [4.69, 9.17) is 9.47 Å². The zero-order valence-corrected chi connectivity index (χ0v) is 25.1. The molecule has 0 atom stereocenters. The van der Waals surface area contributed by atoms with Crippen molar-refractivity contribution in [1.29, 1.82) is 0 Å². The number of carbonyl (C=O) groups is 1. The summed E-state index contributed by atoms with van der Waals surface area (Å²) in [5, 5.41) is 3.12. The smallest absolute Gasteiger partial charge is 0.251 e. The highest BCUT2D eigenvalue weighted by molar-refractivity contribution is 5.94. The number of nitrogens with zero attached hydrogens (tertiary/aromatic N) is 3. The fraction of sp³-hybridized carbons (Fsp3) is 0.625. The first-order chi connectivity index (χ1) is 18.8. The summed E-state index contributed by atoms with van der Waals surface area (Å²) in [5.74, 6) is 3.01. The highest BCUT2D eigenvalue weighted by Gasteiger charge is 2.24. The molecule has 218 valence electrons. The number of carbonyl (C=O) groups excluding carboxylic acids is 1. The van der Waals surface area contributed by atoms with E-state index < -0.39 is 0 Å². The predicted octanol–water partition coefficient (Wildman–Crippen LogP) is 6.36. The van der Waals surface area contributed by atoms with Crippen molar-refractivity contribution >= 4 is 11.7 Å². The summed E-state index contributed by atoms with van der Waals surface area (Å²) in [6.07, 6.45) is 8.84. The van der Waals surface area contributed by atoms with Crippen LogP contribution in [0.3, 0.4) is 0 Å². The van der Waals surface area contributed by atoms with E-state index in [0.717, 1.165) is 75.9 Å². The van der Waals surface area contributed by atoms with Gasteiger partial charge in [0.25, 0.3) is 5.91 Å². The van der Waals surface area contributed by atoms with Gasteiger partial charge in [0, 0.05) is 57.4 Å². The summed E-state index contributed by atoms with van der Waals surface area (Å²) in [4.78, 5) is 21.6. The largest absolute Gasteiger partial charge is 0.493 e. The van der Waals surface area contributed by atoms with Crippen molar-refractivity contribution in [3.8, 4) is 11.5 Å². The summed E-state index contributed by atoms with van der Waals surface area (Å²) in [6, 6.07) is 9.72. The molecule has 1 saturated carbocycles. The molecule has 39 heavy (non-hydrogen) atoms. The minimum Gasteiger partial charge on any atom is -0.493 e. The number of anilines is 1. The lowest BCUT2D eigenvalue weighted by Gasteiger charge is -2.35. The molecular formula is C32H52N4O3. The molecule has 1 amide bonds. The van der Waals surface area contributed by atoms with Crippen molar-refractivity contribution in [2.45, 2.75) is 91.7 Å². The maximum atomic E-state index is 12.2. The minimum absolute atomic E-state index is 0. The molecule has 0 radical (unpaired) electrons. The van der Waals surface area contributed by atoms with Gasteiger partial charge in [-0.05, 0) is 70.5 Å². The van der Waals surface area contributed by atoms with Crippen molar-refractivity contribution in [2.24, 2.45) is 0 Å². The SMILES string of the molecule is CC.CC(C)(C)Oc1ccc(C(=O)NC2CCCCC2)cc1.CCN1CCN(c2nccc3c2CCO3)CC1.[HH]. The number of fused-ring (bicyclic) bond motifs is 1. The molecule has 5 rings (SSSR count). The first-order valence-corrected chi connectivity index (χ1v) is 15.0. The fourth-order valence-corrected chi connectivity index (χ4v) is 5.19. The van der Waals surface area contributed by atoms with Gasteiger partial charge in [0.15, 0.2) is 0 Å². The topological polar surface area (TPSA) is 66.9 Å². The van der Waals surface area contributed by atoms with Crippen molar-refractivity contribution < 1.29 is 15.7 Å². The first kappa shape index (κ1) is 30.7. The van der Waals surface area contributed by atoms with Crippen LogP contribution < -0.4 is 19.7 Å². The molecule has 2 aliphatic heterocycles. The van der Waals surface area contributed by atoms with Gasteiger partial charge in [0.1, 0.15) is 22.9 Å². The third-order valence-corrected chi connectivity index (χ3v) is 7.20. The third-order valence-electron chi connectivity index (χ3n) is 7.20. The van der Waals surface area contributed by atoms with E-state index in [-0.39, 0.29) is 12.9 Å². The molecule has 2 fully saturated rings. The van der Waals surface area contributed by atoms with Crippen LogP contribution in [0, 0.1) is 0 Å². The van der Waals surface area contributed by atoms with Crippen LogP contribution in [0.15, 0.2) is 36.5 Å². The maximum absolute atomic E-state index is 12.2. The molecule has 3 aliphatic rings. The van der Waals surface area contributed by atoms with Gasteiger partial charge in [0.05, 0.1) is 6.61 Å². The number of pyridine rings is 1. The van der Waals surface area contributed by atoms with Gasteiger partial charge in [-0.25, -0.2) is 4.98 Å². The van der Waals surface area contributed by atoms with Gasteiger partial charge >= 0.3 is 0 Å². The highest BCUT2D eigenvalue weighted by atomic mass is 16.5. The van der Waals surface area contributed by atoms with Crippen LogP contribution in [0.5, 0.6) is 11.5 Å². The lowest BCUT2D eigenvalue weighted by Crippen LogP contribution is -2.46. The summed E-state index contributed by atoms with van der Waals surface area (Å²) in [6.45, 7) is 18.7. The Morgan fingerprint density at radius 3 is 2.33 bits per heavy atom. The highest BCUT2D eigenvalue weighted by Crippen LogP contribution is 2.32. The number of piperazine rings is 1. The molecule has 1 aliphatic carbocycles. The molecule has 0 spiro atoms. The van der Waals surface area contributed by atoms with Crippen molar-refractivity contribution in [2.75, 3.05) is 44.2 Å². The van der Waals surface area contributed by atoms with Gasteiger partial charge in [-0.15, -0.1) is 0 Å². The van der Waals surface area contributed by atoms with Gasteiger partial charge in [0.2, 0.25) is 0 Å². The molecule has 1 aromatic carbocycles. The monoisotopic (exact) mass is 540 g/mol. The Morgan fingerprint density at radius 1 is 1.05 bits per heavy atom. The van der Waals surface area contributed by atoms with Gasteiger partial charge in [-0.1, -0.05) is 40.0 Å². The van der Waals surface area contributed by atoms with E-state index in [1.807, 2.05) is 71.1 Å². The van der Waals surface area contributed by atoms with Crippen LogP contribution in [-0.4, -0.2) is 66.8 Å². The van der Waals surface area contributed by atoms with Crippen LogP contribution in [0.1, 0.15) is 91.0 Å². The third kappa shape index (κ3) is 9.41. The number of hydrogen-bond donors (Lipinski definition) is 1. The molecule has 7 heteroatoms. The quantitative estimate of drug-likeness (QED) is 0.476. The van der Waals surface area contributed by atoms with E-state index in [9.17, 15) is 4.79 Å². The Balaban J connectivity index is 0.000000260. The van der Waals surface area contributed by atoms with E-state index in [1.165, 1.54) is 24.8 Å². The second kappa shape index (κ2) is 15.1. The predicted molar refractivity (Wildman–Crippen MR) is 162 cm³/mol. The summed E-state index contributed by atoms with van der Waals surface area (Å²) in [5.41, 5.74) is 1.79. The number of rotatable bonds is 5. The van der Waals surface area contributed by atoms with Crippen molar-refractivity contribution in [3.05, 3.63) is 47.7 Å². The number of hydrogen-bond acceptors (Lipinski definition) is 6. The van der Waals surface area contributed by atoms with E-state index in [1.54, 1.807) is 0 Å². The molecule has 1 aromatic heterocycles. The number of ether oxygens (including phenoxy) is 2. The first-order valence-electron chi connectivity index (χ1n) is 15.0. The van der Waals surface area contributed by atoms with Crippen LogP contribution in [0.4, 0.5) is 5.82 Å². The standard InChI is InChI=1S/C17H25NO2.C13H19N3O.C2H6.H2/c1-17(2,3)20-15-11-9-13(10-12-15)16(19)18-14-7-5-4-6-8-14;1-2-15-6-8-16(9-7-15)13-11-4-10-17-12(11)3-5-14-13;1-2;/h9-12,14H,4-8H2,1-3H3,(H,18,19);3,5H,2,4,6-10H2,1H3;1-2H3;1H. The van der Waals surface area contributed by atoms with Crippen LogP contribution >= 0.6 is 0 Å². The van der Waals surface area contributed by atoms with Gasteiger partial charge in [-0.2, -0.15) is 0 Å². The second-order valence-corrected chi connectivity index (χ2v) is 11.2. The molecular weight excluding hydrogens is 488 g/mol. The van der Waals surface area contributed by atoms with Crippen molar-refractivity contribution in [1.82, 2.24) is 15.2 Å². The number of amides is 1. The van der Waals surface area contributed by atoms with Crippen molar-refractivity contribution in [3.63, 3.8) is 0 Å². The van der Waals surface area contributed by atoms with Crippen LogP contribution in [0.25, 0.3) is 0 Å². The second-order valence-electron chi connectivity index (χ2n) is 11.2.